The van der Waals surface area contributed by atoms with Crippen LogP contribution < -0.4 is 10.2 Å². The molecule has 0 aromatic heterocycles. The first-order valence-corrected chi connectivity index (χ1v) is 7.77. The minimum absolute atomic E-state index is 0.305. The molecule has 1 atom stereocenters. The molecule has 114 valence electrons. The predicted octanol–water partition coefficient (Wildman–Crippen LogP) is 4.15. The van der Waals surface area contributed by atoms with Crippen LogP contribution in [0.3, 0.4) is 0 Å². The molecular formula is C18H32N2. The normalized spacial score (nSPS) is 13.3. The Hall–Kier alpha value is -1.02. The SMILES string of the molecule is CCNC(CCN(C)c1ccc(C)cc1C)C(C)(C)C. The summed E-state index contributed by atoms with van der Waals surface area (Å²) in [5.41, 5.74) is 4.35. The molecular weight excluding hydrogens is 244 g/mol. The number of hydrogen-bond acceptors (Lipinski definition) is 2. The highest BCUT2D eigenvalue weighted by Crippen LogP contribution is 2.24. The van der Waals surface area contributed by atoms with Crippen molar-refractivity contribution in [2.24, 2.45) is 5.41 Å². The number of anilines is 1. The number of rotatable bonds is 6. The van der Waals surface area contributed by atoms with Crippen molar-refractivity contribution < 1.29 is 0 Å². The summed E-state index contributed by atoms with van der Waals surface area (Å²) < 4.78 is 0. The summed E-state index contributed by atoms with van der Waals surface area (Å²) in [7, 11) is 2.20. The Labute approximate surface area is 125 Å². The Bertz CT molecular complexity index is 418. The summed E-state index contributed by atoms with van der Waals surface area (Å²) in [6.45, 7) is 15.6. The monoisotopic (exact) mass is 276 g/mol. The van der Waals surface area contributed by atoms with Gasteiger partial charge in [-0.25, -0.2) is 0 Å². The van der Waals surface area contributed by atoms with Gasteiger partial charge in [-0.05, 0) is 43.9 Å². The van der Waals surface area contributed by atoms with Crippen molar-refractivity contribution in [3.8, 4) is 0 Å². The smallest absolute Gasteiger partial charge is 0.0393 e. The van der Waals surface area contributed by atoms with Gasteiger partial charge in [-0.3, -0.25) is 0 Å². The summed E-state index contributed by atoms with van der Waals surface area (Å²) >= 11 is 0. The van der Waals surface area contributed by atoms with E-state index in [2.05, 4.69) is 77.0 Å². The van der Waals surface area contributed by atoms with Crippen LogP contribution in [0.5, 0.6) is 0 Å². The molecule has 0 spiro atoms. The number of nitrogens with zero attached hydrogens (tertiary/aromatic N) is 1. The largest absolute Gasteiger partial charge is 0.374 e. The molecule has 1 aromatic rings. The van der Waals surface area contributed by atoms with Gasteiger partial charge in [0, 0.05) is 25.3 Å². The Morgan fingerprint density at radius 1 is 1.20 bits per heavy atom. The van der Waals surface area contributed by atoms with Crippen molar-refractivity contribution in [1.29, 1.82) is 0 Å². The fourth-order valence-corrected chi connectivity index (χ4v) is 2.76. The van der Waals surface area contributed by atoms with Gasteiger partial charge in [0.05, 0.1) is 0 Å². The highest BCUT2D eigenvalue weighted by atomic mass is 15.1. The molecule has 0 aliphatic carbocycles. The van der Waals surface area contributed by atoms with Crippen LogP contribution in [0, 0.1) is 19.3 Å². The highest BCUT2D eigenvalue weighted by Gasteiger charge is 2.23. The number of benzene rings is 1. The zero-order chi connectivity index (χ0) is 15.3. The lowest BCUT2D eigenvalue weighted by molar-refractivity contribution is 0.260. The third kappa shape index (κ3) is 4.82. The van der Waals surface area contributed by atoms with Crippen LogP contribution in [0.4, 0.5) is 5.69 Å². The zero-order valence-electron chi connectivity index (χ0n) is 14.4. The van der Waals surface area contributed by atoms with E-state index in [4.69, 9.17) is 0 Å². The molecule has 0 fully saturated rings. The number of hydrogen-bond donors (Lipinski definition) is 1. The fraction of sp³-hybridized carbons (Fsp3) is 0.667. The van der Waals surface area contributed by atoms with Gasteiger partial charge in [0.15, 0.2) is 0 Å². The van der Waals surface area contributed by atoms with Crippen molar-refractivity contribution in [2.45, 2.75) is 54.0 Å². The van der Waals surface area contributed by atoms with Crippen molar-refractivity contribution in [3.63, 3.8) is 0 Å². The summed E-state index contributed by atoms with van der Waals surface area (Å²) in [5.74, 6) is 0. The molecule has 0 bridgehead atoms. The van der Waals surface area contributed by atoms with Gasteiger partial charge in [-0.2, -0.15) is 0 Å². The Balaban J connectivity index is 2.67. The second-order valence-corrected chi connectivity index (χ2v) is 6.98. The third-order valence-corrected chi connectivity index (χ3v) is 4.01. The maximum Gasteiger partial charge on any atom is 0.0393 e. The minimum atomic E-state index is 0.305. The molecule has 0 aliphatic rings. The van der Waals surface area contributed by atoms with Crippen LogP contribution in [0.2, 0.25) is 0 Å². The lowest BCUT2D eigenvalue weighted by atomic mass is 9.84. The van der Waals surface area contributed by atoms with Crippen LogP contribution in [0.1, 0.15) is 45.2 Å². The molecule has 20 heavy (non-hydrogen) atoms. The molecule has 2 nitrogen and oxygen atoms in total. The van der Waals surface area contributed by atoms with Gasteiger partial charge in [0.25, 0.3) is 0 Å². The molecule has 1 unspecified atom stereocenters. The maximum atomic E-state index is 3.63. The van der Waals surface area contributed by atoms with Gasteiger partial charge in [-0.1, -0.05) is 45.4 Å². The molecule has 2 heteroatoms. The first-order valence-electron chi connectivity index (χ1n) is 7.77. The number of nitrogens with one attached hydrogen (secondary N) is 1. The Morgan fingerprint density at radius 2 is 1.85 bits per heavy atom. The van der Waals surface area contributed by atoms with E-state index in [9.17, 15) is 0 Å². The first-order chi connectivity index (χ1) is 9.25. The standard InChI is InChI=1S/C18H32N2/c1-8-19-17(18(4,5)6)11-12-20(7)16-10-9-14(2)13-15(16)3/h9-10,13,17,19H,8,11-12H2,1-7H3. The molecule has 0 heterocycles. The van der Waals surface area contributed by atoms with Gasteiger partial charge in [0.2, 0.25) is 0 Å². The molecule has 0 amide bonds. The number of aryl methyl sites for hydroxylation is 2. The van der Waals surface area contributed by atoms with E-state index >= 15 is 0 Å². The molecule has 1 N–H and O–H groups in total. The Kier molecular flexibility index (Phi) is 6.07. The maximum absolute atomic E-state index is 3.63. The molecule has 1 aromatic carbocycles. The summed E-state index contributed by atoms with van der Waals surface area (Å²) in [4.78, 5) is 2.38. The van der Waals surface area contributed by atoms with E-state index in [0.717, 1.165) is 13.1 Å². The summed E-state index contributed by atoms with van der Waals surface area (Å²) in [6.07, 6.45) is 1.17. The lowest BCUT2D eigenvalue weighted by Crippen LogP contribution is -2.42. The average molecular weight is 276 g/mol. The van der Waals surface area contributed by atoms with Crippen LogP contribution in [-0.2, 0) is 0 Å². The van der Waals surface area contributed by atoms with E-state index in [1.165, 1.54) is 23.2 Å². The third-order valence-electron chi connectivity index (χ3n) is 4.01. The summed E-state index contributed by atoms with van der Waals surface area (Å²) in [5, 5.41) is 3.63. The molecule has 0 radical (unpaired) electrons. The fourth-order valence-electron chi connectivity index (χ4n) is 2.76. The molecule has 0 saturated heterocycles. The van der Waals surface area contributed by atoms with E-state index in [-0.39, 0.29) is 0 Å². The quantitative estimate of drug-likeness (QED) is 0.839. The van der Waals surface area contributed by atoms with Crippen molar-refractivity contribution in [2.75, 3.05) is 25.0 Å². The van der Waals surface area contributed by atoms with Gasteiger partial charge in [0.1, 0.15) is 0 Å². The Morgan fingerprint density at radius 3 is 2.35 bits per heavy atom. The highest BCUT2D eigenvalue weighted by molar-refractivity contribution is 5.53. The van der Waals surface area contributed by atoms with Crippen molar-refractivity contribution in [1.82, 2.24) is 5.32 Å². The van der Waals surface area contributed by atoms with Gasteiger partial charge >= 0.3 is 0 Å². The first kappa shape index (κ1) is 17.0. The minimum Gasteiger partial charge on any atom is -0.374 e. The van der Waals surface area contributed by atoms with Crippen molar-refractivity contribution in [3.05, 3.63) is 29.3 Å². The molecule has 0 saturated carbocycles. The van der Waals surface area contributed by atoms with Crippen LogP contribution in [0.15, 0.2) is 18.2 Å². The summed E-state index contributed by atoms with van der Waals surface area (Å²) in [6, 6.07) is 7.26. The van der Waals surface area contributed by atoms with E-state index < -0.39 is 0 Å². The van der Waals surface area contributed by atoms with E-state index in [0.29, 0.717) is 11.5 Å². The lowest BCUT2D eigenvalue weighted by Gasteiger charge is -2.33. The van der Waals surface area contributed by atoms with Crippen molar-refractivity contribution >= 4 is 5.69 Å². The van der Waals surface area contributed by atoms with Crippen LogP contribution in [0.25, 0.3) is 0 Å². The second-order valence-electron chi connectivity index (χ2n) is 6.98. The predicted molar refractivity (Wildman–Crippen MR) is 90.7 cm³/mol. The molecule has 0 aliphatic heterocycles. The van der Waals surface area contributed by atoms with Gasteiger partial charge < -0.3 is 10.2 Å². The second kappa shape index (κ2) is 7.12. The topological polar surface area (TPSA) is 15.3 Å². The van der Waals surface area contributed by atoms with E-state index in [1.807, 2.05) is 0 Å². The average Bonchev–Trinajstić information content (AvgIpc) is 2.32. The van der Waals surface area contributed by atoms with Crippen LogP contribution in [-0.4, -0.2) is 26.2 Å². The van der Waals surface area contributed by atoms with E-state index in [1.54, 1.807) is 0 Å². The van der Waals surface area contributed by atoms with Crippen LogP contribution >= 0.6 is 0 Å². The molecule has 1 rings (SSSR count). The van der Waals surface area contributed by atoms with Gasteiger partial charge in [-0.15, -0.1) is 0 Å². The zero-order valence-corrected chi connectivity index (χ0v) is 14.4.